The summed E-state index contributed by atoms with van der Waals surface area (Å²) in [7, 11) is 0. The third-order valence-electron chi connectivity index (χ3n) is 1.86. The van der Waals surface area contributed by atoms with Gasteiger partial charge in [0.25, 0.3) is 0 Å². The van der Waals surface area contributed by atoms with Crippen LogP contribution in [0.15, 0.2) is 18.2 Å². The van der Waals surface area contributed by atoms with Crippen molar-refractivity contribution >= 4 is 17.4 Å². The number of nitro benzene ring substituents is 1. The number of nitro groups is 1. The van der Waals surface area contributed by atoms with Gasteiger partial charge in [0.05, 0.1) is 11.5 Å². The minimum atomic E-state index is -0.423. The molecule has 1 aromatic rings. The Hall–Kier alpha value is -1.23. The molecule has 0 amide bonds. The van der Waals surface area contributed by atoms with E-state index in [1.807, 2.05) is 13.2 Å². The fraction of sp³-hybridized carbons (Fsp3) is 0.400. The predicted octanol–water partition coefficient (Wildman–Crippen LogP) is 2.65. The van der Waals surface area contributed by atoms with Crippen LogP contribution in [0.1, 0.15) is 5.56 Å². The highest BCUT2D eigenvalue weighted by molar-refractivity contribution is 7.98. The Bertz CT molecular complexity index is 355. The number of nitrogens with zero attached hydrogens (tertiary/aromatic N) is 1. The Balaban J connectivity index is 2.82. The van der Waals surface area contributed by atoms with Crippen LogP contribution in [-0.2, 0) is 0 Å². The van der Waals surface area contributed by atoms with Gasteiger partial charge in [0.15, 0.2) is 5.75 Å². The Labute approximate surface area is 92.8 Å². The minimum Gasteiger partial charge on any atom is -0.486 e. The van der Waals surface area contributed by atoms with Crippen molar-refractivity contribution in [1.29, 1.82) is 0 Å². The van der Waals surface area contributed by atoms with Crippen molar-refractivity contribution in [3.8, 4) is 5.75 Å². The van der Waals surface area contributed by atoms with Crippen LogP contribution in [-0.4, -0.2) is 23.5 Å². The van der Waals surface area contributed by atoms with Crippen molar-refractivity contribution in [2.75, 3.05) is 18.6 Å². The first-order valence-corrected chi connectivity index (χ1v) is 5.91. The number of hydrogen-bond acceptors (Lipinski definition) is 4. The van der Waals surface area contributed by atoms with Crippen LogP contribution in [0.25, 0.3) is 0 Å². The van der Waals surface area contributed by atoms with Crippen molar-refractivity contribution in [2.24, 2.45) is 0 Å². The summed E-state index contributed by atoms with van der Waals surface area (Å²) in [4.78, 5) is 10.3. The maximum absolute atomic E-state index is 10.7. The van der Waals surface area contributed by atoms with Gasteiger partial charge in [-0.1, -0.05) is 6.07 Å². The van der Waals surface area contributed by atoms with Crippen LogP contribution in [0.5, 0.6) is 5.75 Å². The Morgan fingerprint density at radius 1 is 1.53 bits per heavy atom. The summed E-state index contributed by atoms with van der Waals surface area (Å²) in [6, 6.07) is 4.88. The van der Waals surface area contributed by atoms with Gasteiger partial charge in [-0.25, -0.2) is 0 Å². The molecule has 0 saturated heterocycles. The Morgan fingerprint density at radius 2 is 2.27 bits per heavy atom. The first kappa shape index (κ1) is 11.8. The van der Waals surface area contributed by atoms with Gasteiger partial charge in [-0.15, -0.1) is 0 Å². The Morgan fingerprint density at radius 3 is 2.87 bits per heavy atom. The monoisotopic (exact) mass is 227 g/mol. The van der Waals surface area contributed by atoms with E-state index < -0.39 is 4.92 Å². The molecule has 1 rings (SSSR count). The number of aryl methyl sites for hydroxylation is 1. The topological polar surface area (TPSA) is 52.4 Å². The molecule has 0 atom stereocenters. The summed E-state index contributed by atoms with van der Waals surface area (Å²) in [5, 5.41) is 10.7. The highest BCUT2D eigenvalue weighted by atomic mass is 32.2. The fourth-order valence-electron chi connectivity index (χ4n) is 1.12. The minimum absolute atomic E-state index is 0.0294. The fourth-order valence-corrected chi connectivity index (χ4v) is 1.37. The average molecular weight is 227 g/mol. The molecule has 0 bridgehead atoms. The van der Waals surface area contributed by atoms with Crippen molar-refractivity contribution in [2.45, 2.75) is 6.92 Å². The van der Waals surface area contributed by atoms with E-state index in [0.717, 1.165) is 11.3 Å². The molecule has 0 N–H and O–H groups in total. The van der Waals surface area contributed by atoms with Crippen LogP contribution < -0.4 is 4.74 Å². The molecule has 0 unspecified atom stereocenters. The van der Waals surface area contributed by atoms with E-state index in [4.69, 9.17) is 4.74 Å². The lowest BCUT2D eigenvalue weighted by atomic mass is 10.2. The van der Waals surface area contributed by atoms with E-state index in [0.29, 0.717) is 12.4 Å². The summed E-state index contributed by atoms with van der Waals surface area (Å²) < 4.78 is 5.36. The first-order valence-electron chi connectivity index (χ1n) is 4.52. The quantitative estimate of drug-likeness (QED) is 0.441. The van der Waals surface area contributed by atoms with E-state index in [9.17, 15) is 10.1 Å². The molecule has 1 aromatic carbocycles. The van der Waals surface area contributed by atoms with Crippen LogP contribution in [0, 0.1) is 17.0 Å². The van der Waals surface area contributed by atoms with Crippen molar-refractivity contribution in [3.05, 3.63) is 33.9 Å². The smallest absolute Gasteiger partial charge is 0.310 e. The van der Waals surface area contributed by atoms with Crippen molar-refractivity contribution < 1.29 is 9.66 Å². The lowest BCUT2D eigenvalue weighted by molar-refractivity contribution is -0.385. The molecule has 0 aromatic heterocycles. The summed E-state index contributed by atoms with van der Waals surface area (Å²) >= 11 is 1.64. The van der Waals surface area contributed by atoms with Crippen LogP contribution in [0.2, 0.25) is 0 Å². The highest BCUT2D eigenvalue weighted by Gasteiger charge is 2.14. The summed E-state index contributed by atoms with van der Waals surface area (Å²) in [6.07, 6.45) is 1.97. The average Bonchev–Trinajstić information content (AvgIpc) is 2.18. The normalized spacial score (nSPS) is 10.0. The molecular formula is C10H13NO3S. The van der Waals surface area contributed by atoms with Gasteiger partial charge in [0, 0.05) is 11.8 Å². The molecule has 0 aliphatic carbocycles. The summed E-state index contributed by atoms with van der Waals surface area (Å²) in [5.41, 5.74) is 0.987. The zero-order valence-corrected chi connectivity index (χ0v) is 9.54. The second kappa shape index (κ2) is 5.60. The summed E-state index contributed by atoms with van der Waals surface area (Å²) in [5.74, 6) is 1.18. The Kier molecular flexibility index (Phi) is 4.42. The molecule has 0 radical (unpaired) electrons. The molecular weight excluding hydrogens is 214 g/mol. The van der Waals surface area contributed by atoms with Crippen LogP contribution >= 0.6 is 11.8 Å². The van der Waals surface area contributed by atoms with E-state index >= 15 is 0 Å². The lowest BCUT2D eigenvalue weighted by Gasteiger charge is -2.06. The predicted molar refractivity (Wildman–Crippen MR) is 61.7 cm³/mol. The molecule has 0 heterocycles. The molecule has 5 heteroatoms. The lowest BCUT2D eigenvalue weighted by Crippen LogP contribution is -2.02. The number of benzene rings is 1. The molecule has 0 saturated carbocycles. The largest absolute Gasteiger partial charge is 0.486 e. The van der Waals surface area contributed by atoms with Gasteiger partial charge in [-0.2, -0.15) is 11.8 Å². The van der Waals surface area contributed by atoms with Gasteiger partial charge < -0.3 is 4.74 Å². The van der Waals surface area contributed by atoms with Gasteiger partial charge in [-0.05, 0) is 24.8 Å². The first-order chi connectivity index (χ1) is 7.15. The molecule has 0 fully saturated rings. The third kappa shape index (κ3) is 3.43. The van der Waals surface area contributed by atoms with Gasteiger partial charge in [0.2, 0.25) is 0 Å². The second-order valence-electron chi connectivity index (χ2n) is 3.07. The second-order valence-corrected chi connectivity index (χ2v) is 4.06. The highest BCUT2D eigenvalue weighted by Crippen LogP contribution is 2.27. The maximum Gasteiger partial charge on any atom is 0.310 e. The number of thioether (sulfide) groups is 1. The van der Waals surface area contributed by atoms with Crippen LogP contribution in [0.3, 0.4) is 0 Å². The molecule has 0 aliphatic rings. The zero-order valence-electron chi connectivity index (χ0n) is 8.73. The third-order valence-corrected chi connectivity index (χ3v) is 2.43. The molecule has 0 spiro atoms. The van der Waals surface area contributed by atoms with E-state index in [1.165, 1.54) is 6.07 Å². The maximum atomic E-state index is 10.7. The van der Waals surface area contributed by atoms with E-state index in [-0.39, 0.29) is 5.69 Å². The summed E-state index contributed by atoms with van der Waals surface area (Å²) in [6.45, 7) is 2.37. The van der Waals surface area contributed by atoms with Gasteiger partial charge in [-0.3, -0.25) is 10.1 Å². The van der Waals surface area contributed by atoms with E-state index in [1.54, 1.807) is 23.9 Å². The molecule has 4 nitrogen and oxygen atoms in total. The van der Waals surface area contributed by atoms with Gasteiger partial charge in [0.1, 0.15) is 0 Å². The zero-order chi connectivity index (χ0) is 11.3. The molecule has 15 heavy (non-hydrogen) atoms. The van der Waals surface area contributed by atoms with Crippen molar-refractivity contribution in [1.82, 2.24) is 0 Å². The number of ether oxygens (including phenoxy) is 1. The van der Waals surface area contributed by atoms with Crippen molar-refractivity contribution in [3.63, 3.8) is 0 Å². The van der Waals surface area contributed by atoms with Gasteiger partial charge >= 0.3 is 5.69 Å². The number of rotatable bonds is 5. The van der Waals surface area contributed by atoms with Crippen LogP contribution in [0.4, 0.5) is 5.69 Å². The molecule has 82 valence electrons. The standard InChI is InChI=1S/C10H13NO3S/c1-8-3-4-9(11(12)13)10(7-8)14-5-6-15-2/h3-4,7H,5-6H2,1-2H3. The van der Waals surface area contributed by atoms with E-state index in [2.05, 4.69) is 0 Å². The molecule has 0 aliphatic heterocycles. The number of hydrogen-bond donors (Lipinski definition) is 0. The SMILES string of the molecule is CSCCOc1cc(C)ccc1[N+](=O)[O-].